The molecule has 0 aliphatic heterocycles. The van der Waals surface area contributed by atoms with Crippen molar-refractivity contribution in [3.63, 3.8) is 0 Å². The first kappa shape index (κ1) is 19.3. The molecule has 1 heterocycles. The number of benzene rings is 3. The number of halogens is 1. The number of fused-ring (bicyclic) bond motifs is 1. The summed E-state index contributed by atoms with van der Waals surface area (Å²) in [6.07, 6.45) is 0. The maximum Gasteiger partial charge on any atom is 0.294 e. The van der Waals surface area contributed by atoms with E-state index >= 15 is 0 Å². The molecule has 0 spiro atoms. The van der Waals surface area contributed by atoms with Gasteiger partial charge in [-0.3, -0.25) is 4.79 Å². The molecule has 4 aromatic rings. The molecule has 30 heavy (non-hydrogen) atoms. The molecular formula is C23H17FO6. The first-order valence-electron chi connectivity index (χ1n) is 9.03. The Balaban J connectivity index is 1.72. The first-order chi connectivity index (χ1) is 14.5. The Kier molecular flexibility index (Phi) is 5.26. The molecule has 6 nitrogen and oxygen atoms in total. The molecule has 0 radical (unpaired) electrons. The van der Waals surface area contributed by atoms with E-state index in [9.17, 15) is 14.3 Å². The number of hydrogen-bond donors (Lipinski definition) is 1. The zero-order valence-electron chi connectivity index (χ0n) is 15.9. The van der Waals surface area contributed by atoms with Crippen LogP contribution in [0.4, 0.5) is 4.39 Å². The van der Waals surface area contributed by atoms with Crippen LogP contribution < -0.4 is 19.6 Å². The lowest BCUT2D eigenvalue weighted by molar-refractivity contribution is 0.277. The Labute approximate surface area is 170 Å². The Hall–Kier alpha value is -4.00. The molecule has 0 bridgehead atoms. The second kappa shape index (κ2) is 8.16. The van der Waals surface area contributed by atoms with Gasteiger partial charge in [0.05, 0.1) is 13.2 Å². The average molecular weight is 408 g/mol. The van der Waals surface area contributed by atoms with E-state index in [0.717, 1.165) is 6.07 Å². The van der Waals surface area contributed by atoms with E-state index in [1.54, 1.807) is 36.4 Å². The van der Waals surface area contributed by atoms with Gasteiger partial charge < -0.3 is 23.7 Å². The number of phenols is 1. The SMILES string of the molecule is COc1c(OCc2ccc(F)cc2)cc2oc(Oc3ccccc3)cc(=O)c2c1O. The summed E-state index contributed by atoms with van der Waals surface area (Å²) in [6, 6.07) is 17.2. The van der Waals surface area contributed by atoms with Gasteiger partial charge >= 0.3 is 0 Å². The van der Waals surface area contributed by atoms with E-state index in [1.165, 1.54) is 25.3 Å². The average Bonchev–Trinajstić information content (AvgIpc) is 2.74. The van der Waals surface area contributed by atoms with E-state index in [2.05, 4.69) is 0 Å². The lowest BCUT2D eigenvalue weighted by Crippen LogP contribution is -2.04. The standard InChI is InChI=1S/C23H17FO6/c1-27-23-19(28-13-14-7-9-15(24)10-8-14)12-18-21(22(23)26)17(25)11-20(30-18)29-16-5-3-2-4-6-16/h2-12,26H,13H2,1H3. The van der Waals surface area contributed by atoms with Gasteiger partial charge in [-0.25, -0.2) is 4.39 Å². The molecule has 1 aromatic heterocycles. The van der Waals surface area contributed by atoms with Crippen molar-refractivity contribution in [1.82, 2.24) is 0 Å². The number of methoxy groups -OCH3 is 1. The topological polar surface area (TPSA) is 78.1 Å². The lowest BCUT2D eigenvalue weighted by atomic mass is 10.1. The van der Waals surface area contributed by atoms with Crippen molar-refractivity contribution in [3.8, 4) is 28.9 Å². The van der Waals surface area contributed by atoms with Crippen LogP contribution in [0.2, 0.25) is 0 Å². The Morgan fingerprint density at radius 3 is 2.47 bits per heavy atom. The summed E-state index contributed by atoms with van der Waals surface area (Å²) in [5.74, 6) is -0.143. The summed E-state index contributed by atoms with van der Waals surface area (Å²) in [5.41, 5.74) is 0.282. The van der Waals surface area contributed by atoms with Crippen molar-refractivity contribution in [2.75, 3.05) is 7.11 Å². The van der Waals surface area contributed by atoms with Crippen molar-refractivity contribution in [1.29, 1.82) is 0 Å². The second-order valence-corrected chi connectivity index (χ2v) is 6.39. The van der Waals surface area contributed by atoms with Gasteiger partial charge in [0.2, 0.25) is 11.2 Å². The number of ether oxygens (including phenoxy) is 3. The smallest absolute Gasteiger partial charge is 0.294 e. The van der Waals surface area contributed by atoms with E-state index < -0.39 is 11.2 Å². The van der Waals surface area contributed by atoms with Crippen LogP contribution in [0.1, 0.15) is 5.56 Å². The van der Waals surface area contributed by atoms with Crippen molar-refractivity contribution < 1.29 is 28.1 Å². The lowest BCUT2D eigenvalue weighted by Gasteiger charge is -2.14. The number of rotatable bonds is 6. The molecular weight excluding hydrogens is 391 g/mol. The highest BCUT2D eigenvalue weighted by atomic mass is 19.1. The molecule has 4 rings (SSSR count). The normalized spacial score (nSPS) is 10.7. The minimum atomic E-state index is -0.497. The quantitative estimate of drug-likeness (QED) is 0.483. The first-order valence-corrected chi connectivity index (χ1v) is 9.03. The summed E-state index contributed by atoms with van der Waals surface area (Å²) in [4.78, 5) is 12.6. The summed E-state index contributed by atoms with van der Waals surface area (Å²) in [6.45, 7) is 0.0893. The van der Waals surface area contributed by atoms with Gasteiger partial charge in [0.1, 0.15) is 29.1 Å². The predicted octanol–water partition coefficient (Wildman–Crippen LogP) is 5.02. The zero-order valence-corrected chi connectivity index (χ0v) is 15.9. The highest BCUT2D eigenvalue weighted by Gasteiger charge is 2.20. The summed E-state index contributed by atoms with van der Waals surface area (Å²) in [5, 5.41) is 10.5. The third kappa shape index (κ3) is 3.91. The molecule has 0 fully saturated rings. The highest BCUT2D eigenvalue weighted by molar-refractivity contribution is 5.88. The zero-order chi connectivity index (χ0) is 21.1. The van der Waals surface area contributed by atoms with Gasteiger partial charge in [-0.05, 0) is 29.8 Å². The monoisotopic (exact) mass is 408 g/mol. The van der Waals surface area contributed by atoms with Gasteiger partial charge in [-0.1, -0.05) is 30.3 Å². The van der Waals surface area contributed by atoms with Gasteiger partial charge in [0.15, 0.2) is 11.5 Å². The largest absolute Gasteiger partial charge is 0.504 e. The second-order valence-electron chi connectivity index (χ2n) is 6.39. The van der Waals surface area contributed by atoms with Crippen LogP contribution in [-0.2, 0) is 6.61 Å². The summed E-state index contributed by atoms with van der Waals surface area (Å²) >= 11 is 0. The van der Waals surface area contributed by atoms with Crippen LogP contribution >= 0.6 is 0 Å². The maximum absolute atomic E-state index is 13.1. The molecule has 0 saturated heterocycles. The fourth-order valence-corrected chi connectivity index (χ4v) is 2.94. The van der Waals surface area contributed by atoms with Crippen LogP contribution in [-0.4, -0.2) is 12.2 Å². The molecule has 0 unspecified atom stereocenters. The van der Waals surface area contributed by atoms with E-state index in [0.29, 0.717) is 11.3 Å². The molecule has 0 saturated carbocycles. The van der Waals surface area contributed by atoms with E-state index in [-0.39, 0.29) is 40.8 Å². The number of para-hydroxylation sites is 1. The van der Waals surface area contributed by atoms with Gasteiger partial charge in [0.25, 0.3) is 5.95 Å². The van der Waals surface area contributed by atoms with Crippen molar-refractivity contribution >= 4 is 11.0 Å². The third-order valence-electron chi connectivity index (χ3n) is 4.36. The van der Waals surface area contributed by atoms with Crippen LogP contribution in [0.25, 0.3) is 11.0 Å². The van der Waals surface area contributed by atoms with Crippen LogP contribution in [0.5, 0.6) is 28.9 Å². The Bertz CT molecular complexity index is 1230. The van der Waals surface area contributed by atoms with E-state index in [4.69, 9.17) is 18.6 Å². The molecule has 0 amide bonds. The van der Waals surface area contributed by atoms with Crippen molar-refractivity contribution in [2.24, 2.45) is 0 Å². The number of phenolic OH excluding ortho intramolecular Hbond substituents is 1. The predicted molar refractivity (Wildman–Crippen MR) is 108 cm³/mol. The van der Waals surface area contributed by atoms with Gasteiger partial charge in [-0.15, -0.1) is 0 Å². The number of hydrogen-bond acceptors (Lipinski definition) is 6. The Morgan fingerprint density at radius 1 is 1.03 bits per heavy atom. The van der Waals surface area contributed by atoms with Crippen molar-refractivity contribution in [3.05, 3.63) is 88.3 Å². The summed E-state index contributed by atoms with van der Waals surface area (Å²) in [7, 11) is 1.35. The summed E-state index contributed by atoms with van der Waals surface area (Å²) < 4.78 is 35.3. The Morgan fingerprint density at radius 2 is 1.77 bits per heavy atom. The minimum Gasteiger partial charge on any atom is -0.504 e. The molecule has 0 atom stereocenters. The molecule has 1 N–H and O–H groups in total. The fraction of sp³-hybridized carbons (Fsp3) is 0.0870. The third-order valence-corrected chi connectivity index (χ3v) is 4.36. The molecule has 0 aliphatic carbocycles. The minimum absolute atomic E-state index is 0.00589. The van der Waals surface area contributed by atoms with Crippen LogP contribution in [0, 0.1) is 5.82 Å². The maximum atomic E-state index is 13.1. The van der Waals surface area contributed by atoms with Gasteiger partial charge in [-0.2, -0.15) is 0 Å². The van der Waals surface area contributed by atoms with Crippen LogP contribution in [0.3, 0.4) is 0 Å². The van der Waals surface area contributed by atoms with Gasteiger partial charge in [0, 0.05) is 6.07 Å². The molecule has 7 heteroatoms. The molecule has 3 aromatic carbocycles. The fourth-order valence-electron chi connectivity index (χ4n) is 2.94. The van der Waals surface area contributed by atoms with Crippen molar-refractivity contribution in [2.45, 2.75) is 6.61 Å². The molecule has 0 aliphatic rings. The van der Waals surface area contributed by atoms with Crippen LogP contribution in [0.15, 0.2) is 75.9 Å². The number of aromatic hydroxyl groups is 1. The van der Waals surface area contributed by atoms with E-state index in [1.807, 2.05) is 6.07 Å². The highest BCUT2D eigenvalue weighted by Crippen LogP contribution is 2.42. The molecule has 152 valence electrons.